The zero-order chi connectivity index (χ0) is 15.9. The number of carboxylic acid groups (broad SMARTS) is 1. The van der Waals surface area contributed by atoms with Crippen LogP contribution in [0.15, 0.2) is 30.3 Å². The van der Waals surface area contributed by atoms with Gasteiger partial charge in [-0.2, -0.15) is 0 Å². The molecule has 0 aliphatic carbocycles. The van der Waals surface area contributed by atoms with Crippen molar-refractivity contribution in [3.63, 3.8) is 0 Å². The van der Waals surface area contributed by atoms with Crippen LogP contribution in [0, 0.1) is 0 Å². The molecule has 0 heterocycles. The molecule has 0 spiro atoms. The molecule has 0 radical (unpaired) electrons. The van der Waals surface area contributed by atoms with Gasteiger partial charge in [-0.25, -0.2) is 0 Å². The molecular weight excluding hydrogens is 268 g/mol. The highest BCUT2D eigenvalue weighted by molar-refractivity contribution is 6.00. The van der Waals surface area contributed by atoms with Crippen LogP contribution in [0.1, 0.15) is 39.5 Å². The van der Waals surface area contributed by atoms with Gasteiger partial charge >= 0.3 is 5.97 Å². The van der Waals surface area contributed by atoms with Crippen molar-refractivity contribution in [2.45, 2.75) is 45.1 Å². The first kappa shape index (κ1) is 17.2. The molecule has 116 valence electrons. The van der Waals surface area contributed by atoms with E-state index in [1.54, 1.807) is 4.90 Å². The predicted molar refractivity (Wildman–Crippen MR) is 83.2 cm³/mol. The van der Waals surface area contributed by atoms with Crippen molar-refractivity contribution >= 4 is 17.6 Å². The lowest BCUT2D eigenvalue weighted by Gasteiger charge is -2.33. The van der Waals surface area contributed by atoms with Crippen LogP contribution in [0.4, 0.5) is 5.69 Å². The molecule has 1 aromatic rings. The van der Waals surface area contributed by atoms with Crippen LogP contribution in [-0.2, 0) is 9.59 Å². The topological polar surface area (TPSA) is 83.6 Å². The highest BCUT2D eigenvalue weighted by Crippen LogP contribution is 2.22. The normalized spacial score (nSPS) is 11.2. The summed E-state index contributed by atoms with van der Waals surface area (Å²) < 4.78 is 0. The van der Waals surface area contributed by atoms with Crippen molar-refractivity contribution in [2.75, 3.05) is 11.4 Å². The van der Waals surface area contributed by atoms with Crippen LogP contribution in [0.25, 0.3) is 0 Å². The number of carbonyl (C=O) groups excluding carboxylic acids is 1. The fourth-order valence-electron chi connectivity index (χ4n) is 2.17. The number of nitrogens with two attached hydrogens (primary N) is 1. The number of hydrogen-bond donors (Lipinski definition) is 2. The highest BCUT2D eigenvalue weighted by Gasteiger charge is 2.34. The molecule has 1 aromatic carbocycles. The molecule has 0 aliphatic rings. The van der Waals surface area contributed by atoms with E-state index in [1.807, 2.05) is 44.2 Å². The summed E-state index contributed by atoms with van der Waals surface area (Å²) in [5.41, 5.74) is 6.05. The van der Waals surface area contributed by atoms with Crippen LogP contribution < -0.4 is 10.6 Å². The number of rotatable bonds is 8. The first-order valence-corrected chi connectivity index (χ1v) is 7.32. The van der Waals surface area contributed by atoms with E-state index < -0.39 is 11.5 Å². The van der Waals surface area contributed by atoms with E-state index in [1.165, 1.54) is 0 Å². The van der Waals surface area contributed by atoms with Gasteiger partial charge in [0.1, 0.15) is 0 Å². The Kier molecular flexibility index (Phi) is 6.37. The summed E-state index contributed by atoms with van der Waals surface area (Å²) in [6, 6.07) is 9.25. The smallest absolute Gasteiger partial charge is 0.303 e. The van der Waals surface area contributed by atoms with Gasteiger partial charge in [-0.3, -0.25) is 9.59 Å². The Hall–Kier alpha value is -1.88. The molecule has 0 bridgehead atoms. The fraction of sp³-hybridized carbons (Fsp3) is 0.500. The van der Waals surface area contributed by atoms with E-state index >= 15 is 0 Å². The SMILES string of the molecule is CCC(N)(CC)C(=O)N(CCCC(=O)O)c1ccccc1. The molecule has 0 fully saturated rings. The van der Waals surface area contributed by atoms with E-state index in [2.05, 4.69) is 0 Å². The van der Waals surface area contributed by atoms with Gasteiger partial charge in [0.25, 0.3) is 0 Å². The molecule has 21 heavy (non-hydrogen) atoms. The van der Waals surface area contributed by atoms with Gasteiger partial charge in [0.15, 0.2) is 0 Å². The molecule has 5 nitrogen and oxygen atoms in total. The summed E-state index contributed by atoms with van der Waals surface area (Å²) in [7, 11) is 0. The van der Waals surface area contributed by atoms with Gasteiger partial charge < -0.3 is 15.7 Å². The summed E-state index contributed by atoms with van der Waals surface area (Å²) >= 11 is 0. The lowest BCUT2D eigenvalue weighted by Crippen LogP contribution is -2.55. The summed E-state index contributed by atoms with van der Waals surface area (Å²) in [6.45, 7) is 4.14. The number of carboxylic acids is 1. The number of aliphatic carboxylic acids is 1. The molecule has 0 atom stereocenters. The van der Waals surface area contributed by atoms with Gasteiger partial charge in [0.05, 0.1) is 5.54 Å². The van der Waals surface area contributed by atoms with Gasteiger partial charge in [-0.1, -0.05) is 32.0 Å². The second-order valence-corrected chi connectivity index (χ2v) is 5.15. The largest absolute Gasteiger partial charge is 0.481 e. The maximum atomic E-state index is 12.8. The van der Waals surface area contributed by atoms with Crippen molar-refractivity contribution in [2.24, 2.45) is 5.73 Å². The number of hydrogen-bond acceptors (Lipinski definition) is 3. The predicted octanol–water partition coefficient (Wildman–Crippen LogP) is 2.40. The molecule has 0 unspecified atom stereocenters. The Morgan fingerprint density at radius 1 is 1.19 bits per heavy atom. The average molecular weight is 292 g/mol. The van der Waals surface area contributed by atoms with E-state index in [0.717, 1.165) is 5.69 Å². The number of carbonyl (C=O) groups is 2. The van der Waals surface area contributed by atoms with Crippen molar-refractivity contribution in [3.8, 4) is 0 Å². The Morgan fingerprint density at radius 2 is 1.76 bits per heavy atom. The molecule has 0 saturated heterocycles. The number of nitrogens with zero attached hydrogens (tertiary/aromatic N) is 1. The molecule has 1 rings (SSSR count). The van der Waals surface area contributed by atoms with E-state index in [4.69, 9.17) is 10.8 Å². The monoisotopic (exact) mass is 292 g/mol. The molecular formula is C16H24N2O3. The van der Waals surface area contributed by atoms with Crippen LogP contribution in [-0.4, -0.2) is 29.1 Å². The highest BCUT2D eigenvalue weighted by atomic mass is 16.4. The Bertz CT molecular complexity index is 470. The molecule has 5 heteroatoms. The number of benzene rings is 1. The number of anilines is 1. The standard InChI is InChI=1S/C16H24N2O3/c1-3-16(17,4-2)15(21)18(12-8-11-14(19)20)13-9-6-5-7-10-13/h5-7,9-10H,3-4,8,11-12,17H2,1-2H3,(H,19,20). The van der Waals surface area contributed by atoms with Crippen LogP contribution in [0.3, 0.4) is 0 Å². The minimum atomic E-state index is -0.904. The maximum absolute atomic E-state index is 12.8. The van der Waals surface area contributed by atoms with E-state index in [9.17, 15) is 9.59 Å². The van der Waals surface area contributed by atoms with E-state index in [-0.39, 0.29) is 12.3 Å². The third-order valence-electron chi connectivity index (χ3n) is 3.77. The van der Waals surface area contributed by atoms with Crippen LogP contribution in [0.5, 0.6) is 0 Å². The summed E-state index contributed by atoms with van der Waals surface area (Å²) in [5.74, 6) is -1.01. The fourth-order valence-corrected chi connectivity index (χ4v) is 2.17. The molecule has 0 aliphatic heterocycles. The lowest BCUT2D eigenvalue weighted by atomic mass is 9.92. The van der Waals surface area contributed by atoms with Crippen molar-refractivity contribution in [3.05, 3.63) is 30.3 Å². The average Bonchev–Trinajstić information content (AvgIpc) is 2.50. The second kappa shape index (κ2) is 7.78. The first-order chi connectivity index (χ1) is 9.94. The minimum Gasteiger partial charge on any atom is -0.481 e. The second-order valence-electron chi connectivity index (χ2n) is 5.15. The van der Waals surface area contributed by atoms with E-state index in [0.29, 0.717) is 25.8 Å². The van der Waals surface area contributed by atoms with Crippen molar-refractivity contribution in [1.82, 2.24) is 0 Å². The van der Waals surface area contributed by atoms with Crippen molar-refractivity contribution < 1.29 is 14.7 Å². The van der Waals surface area contributed by atoms with Gasteiger partial charge in [-0.05, 0) is 31.4 Å². The molecule has 0 saturated carbocycles. The zero-order valence-electron chi connectivity index (χ0n) is 12.7. The molecule has 1 amide bonds. The Labute approximate surface area is 125 Å². The summed E-state index contributed by atoms with van der Waals surface area (Å²) in [6.07, 6.45) is 1.53. The minimum absolute atomic E-state index is 0.0342. The molecule has 0 aromatic heterocycles. The summed E-state index contributed by atoms with van der Waals surface area (Å²) in [4.78, 5) is 25.0. The summed E-state index contributed by atoms with van der Waals surface area (Å²) in [5, 5.41) is 8.76. The third kappa shape index (κ3) is 4.56. The quantitative estimate of drug-likeness (QED) is 0.770. The van der Waals surface area contributed by atoms with Crippen molar-refractivity contribution in [1.29, 1.82) is 0 Å². The Morgan fingerprint density at radius 3 is 2.24 bits per heavy atom. The van der Waals surface area contributed by atoms with Gasteiger partial charge in [-0.15, -0.1) is 0 Å². The number of para-hydroxylation sites is 1. The third-order valence-corrected chi connectivity index (χ3v) is 3.77. The first-order valence-electron chi connectivity index (χ1n) is 7.32. The van der Waals surface area contributed by atoms with Gasteiger partial charge in [0.2, 0.25) is 5.91 Å². The van der Waals surface area contributed by atoms with Gasteiger partial charge in [0, 0.05) is 18.7 Å². The lowest BCUT2D eigenvalue weighted by molar-refractivity contribution is -0.137. The zero-order valence-corrected chi connectivity index (χ0v) is 12.7. The molecule has 3 N–H and O–H groups in total. The Balaban J connectivity index is 2.96. The van der Waals surface area contributed by atoms with Crippen LogP contribution in [0.2, 0.25) is 0 Å². The number of amides is 1. The van der Waals surface area contributed by atoms with Crippen LogP contribution >= 0.6 is 0 Å². The maximum Gasteiger partial charge on any atom is 0.303 e.